The highest BCUT2D eigenvalue weighted by molar-refractivity contribution is 7.90. The van der Waals surface area contributed by atoms with Crippen LogP contribution in [0, 0.1) is 12.7 Å². The van der Waals surface area contributed by atoms with Crippen molar-refractivity contribution in [3.63, 3.8) is 0 Å². The zero-order valence-corrected chi connectivity index (χ0v) is 19.7. The van der Waals surface area contributed by atoms with Gasteiger partial charge in [-0.25, -0.2) is 17.5 Å². The Kier molecular flexibility index (Phi) is 8.34. The van der Waals surface area contributed by atoms with Crippen LogP contribution in [0.4, 0.5) is 4.39 Å². The van der Waals surface area contributed by atoms with Crippen molar-refractivity contribution in [3.05, 3.63) is 59.4 Å². The summed E-state index contributed by atoms with van der Waals surface area (Å²) < 4.78 is 47.4. The van der Waals surface area contributed by atoms with Crippen molar-refractivity contribution in [2.45, 2.75) is 31.4 Å². The molecule has 1 fully saturated rings. The van der Waals surface area contributed by atoms with E-state index in [-0.39, 0.29) is 30.7 Å². The summed E-state index contributed by atoms with van der Waals surface area (Å²) in [6.45, 7) is 2.03. The number of amides is 1. The Morgan fingerprint density at radius 3 is 2.42 bits per heavy atom. The van der Waals surface area contributed by atoms with E-state index in [0.29, 0.717) is 30.8 Å². The average molecular weight is 477 g/mol. The number of ether oxygens (including phenoxy) is 1. The molecule has 1 heterocycles. The molecule has 1 amide bonds. The predicted octanol–water partition coefficient (Wildman–Crippen LogP) is 2.93. The molecule has 2 aromatic rings. The number of piperidine rings is 1. The fraction of sp³-hybridized carbons (Fsp3) is 0.417. The summed E-state index contributed by atoms with van der Waals surface area (Å²) in [6, 6.07) is 12.4. The Hall–Kier alpha value is -2.62. The van der Waals surface area contributed by atoms with Crippen LogP contribution in [-0.2, 0) is 19.6 Å². The van der Waals surface area contributed by atoms with E-state index in [2.05, 4.69) is 4.72 Å². The molecule has 0 saturated carbocycles. The van der Waals surface area contributed by atoms with Gasteiger partial charge in [0.1, 0.15) is 5.82 Å². The molecule has 0 aliphatic carbocycles. The monoisotopic (exact) mass is 476 g/mol. The van der Waals surface area contributed by atoms with Crippen molar-refractivity contribution >= 4 is 21.7 Å². The molecule has 0 atom stereocenters. The Morgan fingerprint density at radius 1 is 1.12 bits per heavy atom. The number of hydrogen-bond donors (Lipinski definition) is 1. The highest BCUT2D eigenvalue weighted by atomic mass is 32.2. The number of nitrogens with one attached hydrogen (secondary N) is 1. The zero-order chi connectivity index (χ0) is 24.0. The molecule has 9 heteroatoms. The number of benzene rings is 2. The summed E-state index contributed by atoms with van der Waals surface area (Å²) in [5.41, 5.74) is 1.69. The molecule has 0 bridgehead atoms. The van der Waals surface area contributed by atoms with Crippen LogP contribution in [0.3, 0.4) is 0 Å². The highest BCUT2D eigenvalue weighted by Crippen LogP contribution is 2.25. The van der Waals surface area contributed by atoms with Gasteiger partial charge in [0.05, 0.1) is 30.4 Å². The van der Waals surface area contributed by atoms with E-state index in [1.54, 1.807) is 17.9 Å². The van der Waals surface area contributed by atoms with Gasteiger partial charge in [0, 0.05) is 20.2 Å². The number of sulfonamides is 1. The van der Waals surface area contributed by atoms with E-state index in [1.165, 1.54) is 13.2 Å². The van der Waals surface area contributed by atoms with Crippen LogP contribution in [-0.4, -0.2) is 63.6 Å². The minimum atomic E-state index is -3.79. The van der Waals surface area contributed by atoms with E-state index >= 15 is 0 Å². The second kappa shape index (κ2) is 11.0. The lowest BCUT2D eigenvalue weighted by Gasteiger charge is -2.31. The van der Waals surface area contributed by atoms with Crippen LogP contribution < -0.4 is 4.72 Å². The first kappa shape index (κ1) is 25.0. The van der Waals surface area contributed by atoms with Crippen molar-refractivity contribution < 1.29 is 27.1 Å². The molecule has 1 aliphatic heterocycles. The van der Waals surface area contributed by atoms with Gasteiger partial charge in [-0.2, -0.15) is 0 Å². The van der Waals surface area contributed by atoms with Crippen LogP contribution in [0.15, 0.2) is 42.5 Å². The summed E-state index contributed by atoms with van der Waals surface area (Å²) in [4.78, 5) is 26.4. The van der Waals surface area contributed by atoms with Gasteiger partial charge in [-0.05, 0) is 48.6 Å². The normalized spacial score (nSPS) is 14.9. The van der Waals surface area contributed by atoms with Gasteiger partial charge in [0.25, 0.3) is 0 Å². The van der Waals surface area contributed by atoms with E-state index in [4.69, 9.17) is 4.74 Å². The summed E-state index contributed by atoms with van der Waals surface area (Å²) in [7, 11) is -2.28. The maximum atomic E-state index is 14.7. The van der Waals surface area contributed by atoms with Crippen LogP contribution in [0.2, 0.25) is 0 Å². The third-order valence-electron chi connectivity index (χ3n) is 5.85. The third-order valence-corrected chi connectivity index (χ3v) is 7.75. The van der Waals surface area contributed by atoms with Gasteiger partial charge in [0.15, 0.2) is 5.78 Å². The van der Waals surface area contributed by atoms with Gasteiger partial charge in [0.2, 0.25) is 15.9 Å². The molecule has 1 aliphatic rings. The molecule has 178 valence electrons. The molecule has 1 saturated heterocycles. The maximum Gasteiger partial charge on any atom is 0.224 e. The first-order chi connectivity index (χ1) is 15.7. The Morgan fingerprint density at radius 2 is 1.79 bits per heavy atom. The molecule has 2 aromatic carbocycles. The molecule has 0 unspecified atom stereocenters. The molecule has 1 N–H and O–H groups in total. The number of halogens is 1. The number of ketones is 1. The smallest absolute Gasteiger partial charge is 0.224 e. The highest BCUT2D eigenvalue weighted by Gasteiger charge is 2.32. The molecule has 0 aromatic heterocycles. The van der Waals surface area contributed by atoms with Gasteiger partial charge in [-0.3, -0.25) is 9.59 Å². The lowest BCUT2D eigenvalue weighted by molar-refractivity contribution is -0.132. The lowest BCUT2D eigenvalue weighted by Crippen LogP contribution is -2.46. The first-order valence-electron chi connectivity index (χ1n) is 10.9. The van der Waals surface area contributed by atoms with Gasteiger partial charge in [-0.15, -0.1) is 0 Å². The van der Waals surface area contributed by atoms with E-state index < -0.39 is 33.4 Å². The van der Waals surface area contributed by atoms with E-state index in [0.717, 1.165) is 5.56 Å². The van der Waals surface area contributed by atoms with Crippen molar-refractivity contribution in [3.8, 4) is 11.1 Å². The van der Waals surface area contributed by atoms with Crippen LogP contribution in [0.5, 0.6) is 0 Å². The van der Waals surface area contributed by atoms with Crippen molar-refractivity contribution in [2.24, 2.45) is 0 Å². The number of carbonyl (C=O) groups is 2. The summed E-state index contributed by atoms with van der Waals surface area (Å²) in [5, 5.41) is -0.709. The Labute approximate surface area is 194 Å². The third kappa shape index (κ3) is 6.25. The number of rotatable bonds is 9. The predicted molar refractivity (Wildman–Crippen MR) is 124 cm³/mol. The SMILES string of the molecule is COCCC(=O)N1CCC(S(=O)(=O)NCC(=O)c2cc(-c3ccccc3)cc(C)c2F)CC1. The standard InChI is InChI=1S/C24H29FN2O5S/c1-17-14-19(18-6-4-3-5-7-18)15-21(24(17)25)22(28)16-26-33(30,31)20-8-11-27(12-9-20)23(29)10-13-32-2/h3-7,14-15,20,26H,8-13,16H2,1-2H3. The molecule has 3 rings (SSSR count). The lowest BCUT2D eigenvalue weighted by atomic mass is 9.98. The zero-order valence-electron chi connectivity index (χ0n) is 18.8. The van der Waals surface area contributed by atoms with Crippen LogP contribution in [0.25, 0.3) is 11.1 Å². The fourth-order valence-corrected chi connectivity index (χ4v) is 5.31. The molecular formula is C24H29FN2O5S. The largest absolute Gasteiger partial charge is 0.384 e. The second-order valence-electron chi connectivity index (χ2n) is 8.13. The van der Waals surface area contributed by atoms with Crippen molar-refractivity contribution in [1.82, 2.24) is 9.62 Å². The van der Waals surface area contributed by atoms with Crippen LogP contribution in [0.1, 0.15) is 35.2 Å². The number of methoxy groups -OCH3 is 1. The number of Topliss-reactive ketones (excluding diaryl/α,β-unsaturated/α-hetero) is 1. The summed E-state index contributed by atoms with van der Waals surface area (Å²) in [6.07, 6.45) is 0.812. The average Bonchev–Trinajstić information content (AvgIpc) is 2.83. The summed E-state index contributed by atoms with van der Waals surface area (Å²) >= 11 is 0. The Balaban J connectivity index is 1.64. The molecule has 0 spiro atoms. The second-order valence-corrected chi connectivity index (χ2v) is 10.2. The maximum absolute atomic E-state index is 14.7. The van der Waals surface area contributed by atoms with Crippen LogP contribution >= 0.6 is 0 Å². The number of carbonyl (C=O) groups excluding carboxylic acids is 2. The molecule has 33 heavy (non-hydrogen) atoms. The number of hydrogen-bond acceptors (Lipinski definition) is 5. The van der Waals surface area contributed by atoms with E-state index in [9.17, 15) is 22.4 Å². The Bertz CT molecular complexity index is 1100. The fourth-order valence-electron chi connectivity index (χ4n) is 3.91. The molecule has 7 nitrogen and oxygen atoms in total. The number of likely N-dealkylation sites (tertiary alicyclic amines) is 1. The van der Waals surface area contributed by atoms with Gasteiger partial charge < -0.3 is 9.64 Å². The minimum Gasteiger partial charge on any atom is -0.384 e. The molecule has 0 radical (unpaired) electrons. The van der Waals surface area contributed by atoms with E-state index in [1.807, 2.05) is 30.3 Å². The first-order valence-corrected chi connectivity index (χ1v) is 12.4. The van der Waals surface area contributed by atoms with Crippen molar-refractivity contribution in [1.29, 1.82) is 0 Å². The number of aryl methyl sites for hydroxylation is 1. The molecular weight excluding hydrogens is 447 g/mol. The topological polar surface area (TPSA) is 92.8 Å². The quantitative estimate of drug-likeness (QED) is 0.562. The van der Waals surface area contributed by atoms with Crippen molar-refractivity contribution in [2.75, 3.05) is 33.4 Å². The minimum absolute atomic E-state index is 0.0695. The van der Waals surface area contributed by atoms with Gasteiger partial charge in [-0.1, -0.05) is 30.3 Å². The van der Waals surface area contributed by atoms with Gasteiger partial charge >= 0.3 is 0 Å². The summed E-state index contributed by atoms with van der Waals surface area (Å²) in [5.74, 6) is -1.36. The number of nitrogens with zero attached hydrogens (tertiary/aromatic N) is 1.